The third-order valence-electron chi connectivity index (χ3n) is 4.43. The topological polar surface area (TPSA) is 150 Å². The van der Waals surface area contributed by atoms with Crippen LogP contribution >= 0.6 is 0 Å². The molecular formula is C15H19NO8. The van der Waals surface area contributed by atoms with Gasteiger partial charge < -0.3 is 30.0 Å². The molecule has 9 heteroatoms. The molecule has 6 atom stereocenters. The number of rotatable bonds is 5. The molecule has 4 N–H and O–H groups in total. The highest BCUT2D eigenvalue weighted by Gasteiger charge is 2.51. The Labute approximate surface area is 137 Å². The van der Waals surface area contributed by atoms with E-state index in [0.717, 1.165) is 0 Å². The van der Waals surface area contributed by atoms with Gasteiger partial charge in [-0.2, -0.15) is 0 Å². The lowest BCUT2D eigenvalue weighted by atomic mass is 9.73. The summed E-state index contributed by atoms with van der Waals surface area (Å²) in [6.07, 6.45) is -6.64. The van der Waals surface area contributed by atoms with Crippen LogP contribution < -0.4 is 0 Å². The minimum Gasteiger partial charge on any atom is -0.394 e. The number of hydrogen-bond donors (Lipinski definition) is 4. The first kappa shape index (κ1) is 18.4. The summed E-state index contributed by atoms with van der Waals surface area (Å²) in [5, 5.41) is 49.9. The van der Waals surface area contributed by atoms with Crippen LogP contribution in [0.3, 0.4) is 0 Å². The maximum absolute atomic E-state index is 11.7. The standard InChI is InChI=1S/C15H19NO8/c1-15(7-18,8-2-4-9(5-3-8)16(22)23)14-13(21)12(20)11(19)10(6-17)24-14/h2-5,7,10-14,17,19-21H,6H2,1H3/t10-,11-,12+,13-,14+,15?/m1/s1. The molecule has 1 saturated heterocycles. The van der Waals surface area contributed by atoms with Gasteiger partial charge in [0.1, 0.15) is 36.8 Å². The summed E-state index contributed by atoms with van der Waals surface area (Å²) < 4.78 is 5.44. The van der Waals surface area contributed by atoms with Gasteiger partial charge in [0, 0.05) is 12.1 Å². The van der Waals surface area contributed by atoms with Crippen LogP contribution in [0, 0.1) is 10.1 Å². The average molecular weight is 341 g/mol. The summed E-state index contributed by atoms with van der Waals surface area (Å²) in [4.78, 5) is 21.9. The second kappa shape index (κ2) is 6.91. The molecular weight excluding hydrogens is 322 g/mol. The predicted octanol–water partition coefficient (Wildman–Crippen LogP) is -1.11. The third kappa shape index (κ3) is 3.04. The minimum atomic E-state index is -1.61. The molecule has 1 heterocycles. The third-order valence-corrected chi connectivity index (χ3v) is 4.43. The molecule has 1 unspecified atom stereocenters. The molecule has 2 rings (SSSR count). The Kier molecular flexibility index (Phi) is 5.31. The molecule has 1 aromatic rings. The van der Waals surface area contributed by atoms with Gasteiger partial charge in [0.15, 0.2) is 0 Å². The van der Waals surface area contributed by atoms with Crippen molar-refractivity contribution in [3.05, 3.63) is 39.9 Å². The molecule has 132 valence electrons. The van der Waals surface area contributed by atoms with Gasteiger partial charge in [0.05, 0.1) is 16.9 Å². The second-order valence-electron chi connectivity index (χ2n) is 5.95. The second-order valence-corrected chi connectivity index (χ2v) is 5.95. The van der Waals surface area contributed by atoms with Gasteiger partial charge in [-0.15, -0.1) is 0 Å². The summed E-state index contributed by atoms with van der Waals surface area (Å²) in [6, 6.07) is 5.13. The van der Waals surface area contributed by atoms with Gasteiger partial charge >= 0.3 is 0 Å². The highest BCUT2D eigenvalue weighted by atomic mass is 16.6. The number of nitro benzene ring substituents is 1. The number of carbonyl (C=O) groups is 1. The fourth-order valence-electron chi connectivity index (χ4n) is 2.84. The Balaban J connectivity index is 2.40. The van der Waals surface area contributed by atoms with Crippen LogP contribution in [0.4, 0.5) is 5.69 Å². The smallest absolute Gasteiger partial charge is 0.269 e. The van der Waals surface area contributed by atoms with Crippen LogP contribution in [0.2, 0.25) is 0 Å². The Hall–Kier alpha value is -1.91. The number of hydrogen-bond acceptors (Lipinski definition) is 8. The minimum absolute atomic E-state index is 0.166. The SMILES string of the molecule is CC(C=O)(c1ccc([N+](=O)[O-])cc1)[C@H]1O[C@H](CO)[C@@H](O)[C@H](O)[C@H]1O. The predicted molar refractivity (Wildman–Crippen MR) is 80.3 cm³/mol. The molecule has 0 aromatic heterocycles. The highest BCUT2D eigenvalue weighted by Crippen LogP contribution is 2.36. The molecule has 1 aromatic carbocycles. The number of benzene rings is 1. The van der Waals surface area contributed by atoms with E-state index in [1.54, 1.807) is 0 Å². The van der Waals surface area contributed by atoms with Gasteiger partial charge in [0.2, 0.25) is 0 Å². The van der Waals surface area contributed by atoms with E-state index in [9.17, 15) is 35.3 Å². The van der Waals surface area contributed by atoms with E-state index in [-0.39, 0.29) is 5.69 Å². The first-order valence-corrected chi connectivity index (χ1v) is 7.28. The zero-order valence-corrected chi connectivity index (χ0v) is 12.8. The Bertz CT molecular complexity index is 604. The molecule has 24 heavy (non-hydrogen) atoms. The first-order chi connectivity index (χ1) is 11.3. The molecule has 1 fully saturated rings. The number of aliphatic hydroxyl groups excluding tert-OH is 4. The first-order valence-electron chi connectivity index (χ1n) is 7.28. The van der Waals surface area contributed by atoms with Crippen molar-refractivity contribution < 1.29 is 34.9 Å². The lowest BCUT2D eigenvalue weighted by Gasteiger charge is -2.45. The van der Waals surface area contributed by atoms with Crippen LogP contribution in [-0.4, -0.2) is 68.8 Å². The molecule has 1 aliphatic heterocycles. The van der Waals surface area contributed by atoms with Crippen molar-refractivity contribution in [2.24, 2.45) is 0 Å². The van der Waals surface area contributed by atoms with Gasteiger partial charge in [-0.05, 0) is 12.5 Å². The van der Waals surface area contributed by atoms with Crippen molar-refractivity contribution in [3.63, 3.8) is 0 Å². The molecule has 0 saturated carbocycles. The molecule has 9 nitrogen and oxygen atoms in total. The van der Waals surface area contributed by atoms with Gasteiger partial charge in [-0.1, -0.05) is 12.1 Å². The van der Waals surface area contributed by atoms with Crippen molar-refractivity contribution in [1.82, 2.24) is 0 Å². The number of ether oxygens (including phenoxy) is 1. The maximum atomic E-state index is 11.7. The van der Waals surface area contributed by atoms with Crippen LogP contribution in [0.25, 0.3) is 0 Å². The van der Waals surface area contributed by atoms with E-state index < -0.39 is 47.5 Å². The summed E-state index contributed by atoms with van der Waals surface area (Å²) in [5.74, 6) is 0. The number of nitrogens with zero attached hydrogens (tertiary/aromatic N) is 1. The molecule has 0 spiro atoms. The maximum Gasteiger partial charge on any atom is 0.269 e. The molecule has 0 bridgehead atoms. The number of aliphatic hydroxyl groups is 4. The normalized spacial score (nSPS) is 32.8. The van der Waals surface area contributed by atoms with Crippen molar-refractivity contribution in [1.29, 1.82) is 0 Å². The Morgan fingerprint density at radius 3 is 2.25 bits per heavy atom. The van der Waals surface area contributed by atoms with Crippen LogP contribution in [0.15, 0.2) is 24.3 Å². The number of nitro groups is 1. The molecule has 0 aliphatic carbocycles. The van der Waals surface area contributed by atoms with Gasteiger partial charge in [-0.3, -0.25) is 10.1 Å². The van der Waals surface area contributed by atoms with Crippen LogP contribution in [-0.2, 0) is 14.9 Å². The molecule has 1 aliphatic rings. The number of non-ortho nitro benzene ring substituents is 1. The number of carbonyl (C=O) groups excluding carboxylic acids is 1. The van der Waals surface area contributed by atoms with Crippen molar-refractivity contribution in [3.8, 4) is 0 Å². The van der Waals surface area contributed by atoms with Crippen LogP contribution in [0.1, 0.15) is 12.5 Å². The average Bonchev–Trinajstić information content (AvgIpc) is 2.59. The summed E-state index contributed by atoms with van der Waals surface area (Å²) in [7, 11) is 0. The van der Waals surface area contributed by atoms with Gasteiger partial charge in [-0.25, -0.2) is 0 Å². The van der Waals surface area contributed by atoms with Crippen molar-refractivity contribution in [2.75, 3.05) is 6.61 Å². The van der Waals surface area contributed by atoms with E-state index in [4.69, 9.17) is 4.74 Å². The zero-order chi connectivity index (χ0) is 18.1. The van der Waals surface area contributed by atoms with Gasteiger partial charge in [0.25, 0.3) is 5.69 Å². The van der Waals surface area contributed by atoms with Crippen molar-refractivity contribution >= 4 is 12.0 Å². The Morgan fingerprint density at radius 1 is 1.21 bits per heavy atom. The van der Waals surface area contributed by atoms with Crippen LogP contribution in [0.5, 0.6) is 0 Å². The van der Waals surface area contributed by atoms with E-state index in [2.05, 4.69) is 0 Å². The fraction of sp³-hybridized carbons (Fsp3) is 0.533. The van der Waals surface area contributed by atoms with E-state index in [1.807, 2.05) is 0 Å². The zero-order valence-electron chi connectivity index (χ0n) is 12.8. The summed E-state index contributed by atoms with van der Waals surface area (Å²) in [6.45, 7) is 0.824. The fourth-order valence-corrected chi connectivity index (χ4v) is 2.84. The highest BCUT2D eigenvalue weighted by molar-refractivity contribution is 5.70. The Morgan fingerprint density at radius 2 is 1.79 bits per heavy atom. The lowest BCUT2D eigenvalue weighted by Crippen LogP contribution is -2.63. The summed E-state index contributed by atoms with van der Waals surface area (Å²) >= 11 is 0. The quantitative estimate of drug-likeness (QED) is 0.299. The molecule has 0 amide bonds. The van der Waals surface area contributed by atoms with E-state index in [1.165, 1.54) is 31.2 Å². The lowest BCUT2D eigenvalue weighted by molar-refractivity contribution is -0.384. The van der Waals surface area contributed by atoms with Crippen molar-refractivity contribution in [2.45, 2.75) is 42.9 Å². The largest absolute Gasteiger partial charge is 0.394 e. The number of aldehydes is 1. The monoisotopic (exact) mass is 341 g/mol. The van der Waals surface area contributed by atoms with E-state index in [0.29, 0.717) is 11.8 Å². The molecule has 0 radical (unpaired) electrons. The summed E-state index contributed by atoms with van der Waals surface area (Å²) in [5.41, 5.74) is -1.29. The van der Waals surface area contributed by atoms with E-state index >= 15 is 0 Å².